The maximum atomic E-state index is 12.6. The molecule has 1 saturated heterocycles. The fraction of sp³-hybridized carbons (Fsp3) is 0.889. The molecule has 26 heavy (non-hydrogen) atoms. The SMILES string of the molecule is CC1NNC(C)N1/N=C\C1CCCC(NC(=O)C2CCC(Cl)CC2Cl)C1. The third-order valence-electron chi connectivity index (χ3n) is 5.81. The topological polar surface area (TPSA) is 68.8 Å². The molecule has 3 aliphatic rings. The monoisotopic (exact) mass is 403 g/mol. The third kappa shape index (κ3) is 5.03. The molecule has 3 rings (SSSR count). The van der Waals surface area contributed by atoms with Gasteiger partial charge in [-0.25, -0.2) is 10.9 Å². The average molecular weight is 404 g/mol. The highest BCUT2D eigenvalue weighted by atomic mass is 35.5. The van der Waals surface area contributed by atoms with E-state index in [1.54, 1.807) is 0 Å². The molecule has 0 aromatic rings. The second-order valence-corrected chi connectivity index (χ2v) is 9.13. The van der Waals surface area contributed by atoms with Gasteiger partial charge in [0.15, 0.2) is 0 Å². The lowest BCUT2D eigenvalue weighted by Gasteiger charge is -2.33. The number of nitrogens with zero attached hydrogens (tertiary/aromatic N) is 2. The minimum atomic E-state index is -0.148. The number of carbonyl (C=O) groups excluding carboxylic acids is 1. The van der Waals surface area contributed by atoms with Gasteiger partial charge in [-0.05, 0) is 58.3 Å². The Hall–Kier alpha value is -0.560. The molecule has 7 atom stereocenters. The largest absolute Gasteiger partial charge is 0.353 e. The summed E-state index contributed by atoms with van der Waals surface area (Å²) in [6.45, 7) is 4.16. The molecule has 0 aromatic carbocycles. The van der Waals surface area contributed by atoms with Crippen LogP contribution in [0.3, 0.4) is 0 Å². The van der Waals surface area contributed by atoms with Gasteiger partial charge in [0.2, 0.25) is 5.91 Å². The van der Waals surface area contributed by atoms with Crippen LogP contribution in [0.5, 0.6) is 0 Å². The minimum absolute atomic E-state index is 0.103. The van der Waals surface area contributed by atoms with E-state index < -0.39 is 0 Å². The first-order valence-corrected chi connectivity index (χ1v) is 10.7. The van der Waals surface area contributed by atoms with Gasteiger partial charge in [-0.1, -0.05) is 6.42 Å². The van der Waals surface area contributed by atoms with Crippen LogP contribution in [-0.2, 0) is 4.79 Å². The summed E-state index contributed by atoms with van der Waals surface area (Å²) < 4.78 is 0. The quantitative estimate of drug-likeness (QED) is 0.498. The highest BCUT2D eigenvalue weighted by Crippen LogP contribution is 2.32. The Labute approximate surface area is 166 Å². The molecule has 8 heteroatoms. The van der Waals surface area contributed by atoms with Crippen molar-refractivity contribution >= 4 is 35.3 Å². The first kappa shape index (κ1) is 20.2. The molecule has 1 heterocycles. The van der Waals surface area contributed by atoms with E-state index in [4.69, 9.17) is 23.2 Å². The molecule has 3 fully saturated rings. The summed E-state index contributed by atoms with van der Waals surface area (Å²) in [4.78, 5) is 12.6. The van der Waals surface area contributed by atoms with Gasteiger partial charge < -0.3 is 5.32 Å². The lowest BCUT2D eigenvalue weighted by Crippen LogP contribution is -2.45. The van der Waals surface area contributed by atoms with Gasteiger partial charge in [0.05, 0.1) is 5.92 Å². The second kappa shape index (κ2) is 9.09. The van der Waals surface area contributed by atoms with Crippen molar-refractivity contribution in [2.45, 2.75) is 87.9 Å². The fourth-order valence-electron chi connectivity index (χ4n) is 4.25. The summed E-state index contributed by atoms with van der Waals surface area (Å²) in [6.07, 6.45) is 9.02. The van der Waals surface area contributed by atoms with Crippen molar-refractivity contribution in [1.82, 2.24) is 21.2 Å². The Bertz CT molecular complexity index is 510. The highest BCUT2D eigenvalue weighted by molar-refractivity contribution is 6.24. The summed E-state index contributed by atoms with van der Waals surface area (Å²) in [6, 6.07) is 0.218. The van der Waals surface area contributed by atoms with Gasteiger partial charge in [-0.3, -0.25) is 9.80 Å². The van der Waals surface area contributed by atoms with Crippen LogP contribution >= 0.6 is 23.2 Å². The predicted octanol–water partition coefficient (Wildman–Crippen LogP) is 2.76. The van der Waals surface area contributed by atoms with Crippen LogP contribution in [0.25, 0.3) is 0 Å². The molecule has 7 unspecified atom stereocenters. The molecule has 2 saturated carbocycles. The summed E-state index contributed by atoms with van der Waals surface area (Å²) in [5.41, 5.74) is 6.34. The molecule has 0 radical (unpaired) electrons. The number of hydrazine groups is 1. The van der Waals surface area contributed by atoms with E-state index >= 15 is 0 Å². The van der Waals surface area contributed by atoms with E-state index in [1.807, 2.05) is 5.01 Å². The van der Waals surface area contributed by atoms with E-state index in [-0.39, 0.29) is 41.0 Å². The van der Waals surface area contributed by atoms with Gasteiger partial charge in [-0.2, -0.15) is 5.10 Å². The first-order chi connectivity index (χ1) is 12.4. The van der Waals surface area contributed by atoms with Crippen LogP contribution in [0.4, 0.5) is 0 Å². The van der Waals surface area contributed by atoms with Crippen LogP contribution in [0.1, 0.15) is 58.8 Å². The molecule has 3 N–H and O–H groups in total. The Kier molecular flexibility index (Phi) is 7.05. The third-order valence-corrected chi connectivity index (χ3v) is 6.69. The first-order valence-electron chi connectivity index (χ1n) is 9.86. The highest BCUT2D eigenvalue weighted by Gasteiger charge is 2.34. The molecule has 1 amide bonds. The zero-order valence-corrected chi connectivity index (χ0v) is 17.1. The van der Waals surface area contributed by atoms with E-state index in [9.17, 15) is 4.79 Å². The van der Waals surface area contributed by atoms with Crippen LogP contribution in [0.2, 0.25) is 0 Å². The lowest BCUT2D eigenvalue weighted by atomic mass is 9.84. The standard InChI is InChI=1S/C18H31Cl2N5O/c1-11-23-24-12(2)25(11)21-10-13-4-3-5-15(8-13)22-18(26)16-7-6-14(19)9-17(16)20/h10-17,23-24H,3-9H2,1-2H3,(H,22,26)/b21-10-. The van der Waals surface area contributed by atoms with Gasteiger partial charge in [-0.15, -0.1) is 23.2 Å². The maximum Gasteiger partial charge on any atom is 0.224 e. The van der Waals surface area contributed by atoms with Gasteiger partial charge in [0, 0.05) is 23.0 Å². The number of hydrogen-bond acceptors (Lipinski definition) is 5. The molecule has 0 spiro atoms. The van der Waals surface area contributed by atoms with Crippen LogP contribution in [0.15, 0.2) is 5.10 Å². The molecular weight excluding hydrogens is 373 g/mol. The molecule has 1 aliphatic heterocycles. The Balaban J connectivity index is 1.49. The summed E-state index contributed by atoms with van der Waals surface area (Å²) in [5.74, 6) is 0.398. The number of rotatable bonds is 4. The van der Waals surface area contributed by atoms with Gasteiger partial charge in [0.1, 0.15) is 12.3 Å². The van der Waals surface area contributed by atoms with Crippen molar-refractivity contribution < 1.29 is 4.79 Å². The van der Waals surface area contributed by atoms with E-state index in [1.165, 1.54) is 0 Å². The second-order valence-electron chi connectivity index (χ2n) is 7.95. The summed E-state index contributed by atoms with van der Waals surface area (Å²) in [5, 5.41) is 9.90. The predicted molar refractivity (Wildman–Crippen MR) is 106 cm³/mol. The molecular formula is C18H31Cl2N5O. The molecule has 0 aromatic heterocycles. The van der Waals surface area contributed by atoms with Crippen molar-refractivity contribution in [3.63, 3.8) is 0 Å². The number of alkyl halides is 2. The Morgan fingerprint density at radius 2 is 1.85 bits per heavy atom. The van der Waals surface area contributed by atoms with Crippen LogP contribution < -0.4 is 16.2 Å². The number of hydrogen-bond donors (Lipinski definition) is 3. The number of halogens is 2. The van der Waals surface area contributed by atoms with Crippen molar-refractivity contribution in [3.8, 4) is 0 Å². The Morgan fingerprint density at radius 3 is 2.54 bits per heavy atom. The van der Waals surface area contributed by atoms with Crippen molar-refractivity contribution in [2.24, 2.45) is 16.9 Å². The van der Waals surface area contributed by atoms with Gasteiger partial charge in [0.25, 0.3) is 0 Å². The van der Waals surface area contributed by atoms with Crippen molar-refractivity contribution in [1.29, 1.82) is 0 Å². The molecule has 0 bridgehead atoms. The van der Waals surface area contributed by atoms with Crippen LogP contribution in [0, 0.1) is 11.8 Å². The van der Waals surface area contributed by atoms with E-state index in [2.05, 4.69) is 41.3 Å². The summed E-state index contributed by atoms with van der Waals surface area (Å²) in [7, 11) is 0. The smallest absolute Gasteiger partial charge is 0.224 e. The zero-order valence-electron chi connectivity index (χ0n) is 15.6. The van der Waals surface area contributed by atoms with Gasteiger partial charge >= 0.3 is 0 Å². The number of nitrogens with one attached hydrogen (secondary N) is 3. The number of carbonyl (C=O) groups is 1. The zero-order chi connectivity index (χ0) is 18.7. The Morgan fingerprint density at radius 1 is 1.12 bits per heavy atom. The molecule has 148 valence electrons. The number of amides is 1. The molecule has 6 nitrogen and oxygen atoms in total. The fourth-order valence-corrected chi connectivity index (χ4v) is 5.11. The van der Waals surface area contributed by atoms with Crippen molar-refractivity contribution in [3.05, 3.63) is 0 Å². The van der Waals surface area contributed by atoms with Crippen LogP contribution in [-0.4, -0.2) is 46.3 Å². The number of hydrazone groups is 1. The van der Waals surface area contributed by atoms with E-state index in [0.717, 1.165) is 44.9 Å². The lowest BCUT2D eigenvalue weighted by molar-refractivity contribution is -0.126. The van der Waals surface area contributed by atoms with Crippen molar-refractivity contribution in [2.75, 3.05) is 0 Å². The maximum absolute atomic E-state index is 12.6. The molecule has 2 aliphatic carbocycles. The van der Waals surface area contributed by atoms with E-state index in [0.29, 0.717) is 5.92 Å². The minimum Gasteiger partial charge on any atom is -0.353 e. The average Bonchev–Trinajstić information content (AvgIpc) is 2.91. The summed E-state index contributed by atoms with van der Waals surface area (Å²) >= 11 is 12.5. The normalized spacial score (nSPS) is 41.5.